The van der Waals surface area contributed by atoms with Crippen LogP contribution in [-0.4, -0.2) is 9.97 Å². The highest BCUT2D eigenvalue weighted by atomic mass is 79.9. The molecular formula is C15H19BrN4. The molecule has 0 saturated heterocycles. The molecule has 0 aliphatic heterocycles. The fourth-order valence-electron chi connectivity index (χ4n) is 1.92. The Hall–Kier alpha value is -1.62. The van der Waals surface area contributed by atoms with Crippen molar-refractivity contribution in [1.29, 1.82) is 0 Å². The van der Waals surface area contributed by atoms with Gasteiger partial charge in [0, 0.05) is 22.1 Å². The van der Waals surface area contributed by atoms with E-state index in [0.29, 0.717) is 5.82 Å². The molecule has 5 heteroatoms. The summed E-state index contributed by atoms with van der Waals surface area (Å²) < 4.78 is 1.07. The van der Waals surface area contributed by atoms with E-state index in [1.807, 2.05) is 12.1 Å². The number of nitrogen functional groups attached to an aromatic ring is 1. The second-order valence-corrected chi connectivity index (χ2v) is 5.89. The molecule has 2 rings (SSSR count). The van der Waals surface area contributed by atoms with Crippen molar-refractivity contribution in [3.63, 3.8) is 0 Å². The van der Waals surface area contributed by atoms with Gasteiger partial charge >= 0.3 is 0 Å². The van der Waals surface area contributed by atoms with E-state index in [0.717, 1.165) is 28.2 Å². The zero-order valence-corrected chi connectivity index (χ0v) is 13.5. The first kappa shape index (κ1) is 14.8. The maximum absolute atomic E-state index is 5.85. The Balaban J connectivity index is 2.34. The Kier molecular flexibility index (Phi) is 4.60. The molecule has 4 nitrogen and oxygen atoms in total. The minimum atomic E-state index is 0.245. The number of benzene rings is 1. The van der Waals surface area contributed by atoms with Crippen LogP contribution in [0.15, 0.2) is 28.7 Å². The number of hydrogen-bond acceptors (Lipinski definition) is 4. The first-order valence-corrected chi connectivity index (χ1v) is 7.48. The topological polar surface area (TPSA) is 63.8 Å². The summed E-state index contributed by atoms with van der Waals surface area (Å²) >= 11 is 3.49. The molecule has 2 aromatic rings. The highest BCUT2D eigenvalue weighted by Gasteiger charge is 2.08. The Bertz CT molecular complexity index is 611. The summed E-state index contributed by atoms with van der Waals surface area (Å²) in [6.45, 7) is 6.23. The molecule has 1 heterocycles. The maximum atomic E-state index is 5.85. The number of halogens is 1. The van der Waals surface area contributed by atoms with Crippen molar-refractivity contribution in [3.8, 4) is 0 Å². The molecule has 1 aromatic heterocycles. The molecule has 0 unspecified atom stereocenters. The van der Waals surface area contributed by atoms with Gasteiger partial charge in [-0.15, -0.1) is 0 Å². The lowest BCUT2D eigenvalue weighted by molar-refractivity contribution is 0.779. The molecule has 0 aliphatic rings. The average molecular weight is 335 g/mol. The number of aromatic nitrogens is 2. The van der Waals surface area contributed by atoms with E-state index < -0.39 is 0 Å². The first-order valence-electron chi connectivity index (χ1n) is 6.69. The van der Waals surface area contributed by atoms with Gasteiger partial charge in [0.05, 0.1) is 0 Å². The molecule has 1 aromatic carbocycles. The van der Waals surface area contributed by atoms with Gasteiger partial charge in [0.2, 0.25) is 0 Å². The first-order chi connectivity index (χ1) is 9.49. The summed E-state index contributed by atoms with van der Waals surface area (Å²) in [4.78, 5) is 8.76. The minimum Gasteiger partial charge on any atom is -0.384 e. The Morgan fingerprint density at radius 3 is 2.65 bits per heavy atom. The molecule has 20 heavy (non-hydrogen) atoms. The molecule has 0 spiro atoms. The quantitative estimate of drug-likeness (QED) is 0.877. The summed E-state index contributed by atoms with van der Waals surface area (Å²) in [6.07, 6.45) is 0.944. The second-order valence-electron chi connectivity index (χ2n) is 4.97. The maximum Gasteiger partial charge on any atom is 0.136 e. The van der Waals surface area contributed by atoms with Crippen LogP contribution in [0.1, 0.15) is 38.1 Å². The lowest BCUT2D eigenvalue weighted by Gasteiger charge is -2.13. The van der Waals surface area contributed by atoms with Crippen LogP contribution in [0.5, 0.6) is 0 Å². The van der Waals surface area contributed by atoms with Crippen LogP contribution >= 0.6 is 15.9 Å². The van der Waals surface area contributed by atoms with Crippen molar-refractivity contribution < 1.29 is 0 Å². The number of aryl methyl sites for hydroxylation is 1. The fraction of sp³-hybridized carbons (Fsp3) is 0.333. The molecule has 0 aliphatic carbocycles. The van der Waals surface area contributed by atoms with Crippen LogP contribution in [-0.2, 0) is 6.42 Å². The predicted octanol–water partition coefficient (Wildman–Crippen LogP) is 4.25. The van der Waals surface area contributed by atoms with Crippen molar-refractivity contribution in [2.45, 2.75) is 33.1 Å². The Labute approximate surface area is 128 Å². The number of hydrogen-bond donors (Lipinski definition) is 2. The molecule has 0 amide bonds. The van der Waals surface area contributed by atoms with Crippen LogP contribution in [0.4, 0.5) is 17.3 Å². The molecule has 0 fully saturated rings. The standard InChI is InChI=1S/C15H19BrN4/c1-4-10-7-11(16)5-6-12(10)18-14-8-13(17)19-15(20-14)9(2)3/h5-9H,4H2,1-3H3,(H3,17,18,19,20). The molecule has 3 N–H and O–H groups in total. The third-order valence-corrected chi connectivity index (χ3v) is 3.48. The summed E-state index contributed by atoms with van der Waals surface area (Å²) in [7, 11) is 0. The molecule has 0 bridgehead atoms. The van der Waals surface area contributed by atoms with E-state index in [-0.39, 0.29) is 5.92 Å². The molecular weight excluding hydrogens is 316 g/mol. The van der Waals surface area contributed by atoms with E-state index in [4.69, 9.17) is 5.73 Å². The van der Waals surface area contributed by atoms with Gasteiger partial charge in [-0.05, 0) is 30.2 Å². The van der Waals surface area contributed by atoms with Crippen molar-refractivity contribution in [2.75, 3.05) is 11.1 Å². The highest BCUT2D eigenvalue weighted by Crippen LogP contribution is 2.25. The smallest absolute Gasteiger partial charge is 0.136 e. The van der Waals surface area contributed by atoms with Gasteiger partial charge in [0.1, 0.15) is 17.5 Å². The minimum absolute atomic E-state index is 0.245. The Morgan fingerprint density at radius 2 is 2.00 bits per heavy atom. The van der Waals surface area contributed by atoms with Gasteiger partial charge in [-0.1, -0.05) is 36.7 Å². The zero-order valence-electron chi connectivity index (χ0n) is 11.9. The number of nitrogens with zero attached hydrogens (tertiary/aromatic N) is 2. The van der Waals surface area contributed by atoms with Crippen molar-refractivity contribution in [1.82, 2.24) is 9.97 Å². The summed E-state index contributed by atoms with van der Waals surface area (Å²) in [5, 5.41) is 3.33. The van der Waals surface area contributed by atoms with Crippen LogP contribution in [0, 0.1) is 0 Å². The van der Waals surface area contributed by atoms with Crippen LogP contribution in [0.25, 0.3) is 0 Å². The number of rotatable bonds is 4. The van der Waals surface area contributed by atoms with Gasteiger partial charge in [-0.2, -0.15) is 0 Å². The van der Waals surface area contributed by atoms with E-state index in [1.54, 1.807) is 6.07 Å². The predicted molar refractivity (Wildman–Crippen MR) is 87.3 cm³/mol. The Morgan fingerprint density at radius 1 is 1.25 bits per heavy atom. The fourth-order valence-corrected chi connectivity index (χ4v) is 2.33. The van der Waals surface area contributed by atoms with Crippen molar-refractivity contribution in [2.24, 2.45) is 0 Å². The molecule has 0 saturated carbocycles. The third kappa shape index (κ3) is 3.48. The molecule has 0 radical (unpaired) electrons. The second kappa shape index (κ2) is 6.22. The zero-order chi connectivity index (χ0) is 14.7. The lowest BCUT2D eigenvalue weighted by Crippen LogP contribution is -2.05. The number of nitrogens with two attached hydrogens (primary N) is 1. The largest absolute Gasteiger partial charge is 0.384 e. The third-order valence-electron chi connectivity index (χ3n) is 2.99. The molecule has 0 atom stereocenters. The van der Waals surface area contributed by atoms with E-state index in [2.05, 4.69) is 58.1 Å². The van der Waals surface area contributed by atoms with Gasteiger partial charge < -0.3 is 11.1 Å². The van der Waals surface area contributed by atoms with E-state index in [1.165, 1.54) is 5.56 Å². The summed E-state index contributed by atoms with van der Waals surface area (Å²) in [6, 6.07) is 7.91. The SMILES string of the molecule is CCc1cc(Br)ccc1Nc1cc(N)nc(C(C)C)n1. The van der Waals surface area contributed by atoms with Crippen LogP contribution in [0.2, 0.25) is 0 Å². The highest BCUT2D eigenvalue weighted by molar-refractivity contribution is 9.10. The monoisotopic (exact) mass is 334 g/mol. The molecule has 106 valence electrons. The normalized spacial score (nSPS) is 10.8. The van der Waals surface area contributed by atoms with Crippen LogP contribution < -0.4 is 11.1 Å². The van der Waals surface area contributed by atoms with Crippen molar-refractivity contribution >= 4 is 33.3 Å². The van der Waals surface area contributed by atoms with Gasteiger partial charge in [0.15, 0.2) is 0 Å². The van der Waals surface area contributed by atoms with Crippen LogP contribution in [0.3, 0.4) is 0 Å². The average Bonchev–Trinajstić information content (AvgIpc) is 2.40. The number of nitrogens with one attached hydrogen (secondary N) is 1. The van der Waals surface area contributed by atoms with Gasteiger partial charge in [-0.25, -0.2) is 9.97 Å². The van der Waals surface area contributed by atoms with Gasteiger partial charge in [-0.3, -0.25) is 0 Å². The van der Waals surface area contributed by atoms with Crippen molar-refractivity contribution in [3.05, 3.63) is 40.1 Å². The van der Waals surface area contributed by atoms with E-state index >= 15 is 0 Å². The lowest BCUT2D eigenvalue weighted by atomic mass is 10.1. The number of anilines is 3. The summed E-state index contributed by atoms with van der Waals surface area (Å²) in [5.41, 5.74) is 8.12. The summed E-state index contributed by atoms with van der Waals surface area (Å²) in [5.74, 6) is 2.22. The van der Waals surface area contributed by atoms with Gasteiger partial charge in [0.25, 0.3) is 0 Å². The van der Waals surface area contributed by atoms with E-state index in [9.17, 15) is 0 Å².